The highest BCUT2D eigenvalue weighted by molar-refractivity contribution is 5.67. The van der Waals surface area contributed by atoms with Gasteiger partial charge in [-0.05, 0) is 55.4 Å². The maximum absolute atomic E-state index is 15.1. The fraction of sp³-hybridized carbons (Fsp3) is 0.458. The monoisotopic (exact) mass is 453 g/mol. The number of hydrogen-bond donors (Lipinski definition) is 3. The molecule has 1 saturated heterocycles. The largest absolute Gasteiger partial charge is 0.481 e. The van der Waals surface area contributed by atoms with Gasteiger partial charge in [0.2, 0.25) is 11.8 Å². The number of aromatic nitrogens is 2. The van der Waals surface area contributed by atoms with E-state index in [1.54, 1.807) is 0 Å². The topological polar surface area (TPSA) is 128 Å². The zero-order valence-corrected chi connectivity index (χ0v) is 19.0. The Hall–Kier alpha value is -3.54. The van der Waals surface area contributed by atoms with Crippen LogP contribution in [0.2, 0.25) is 0 Å². The molecule has 0 radical (unpaired) electrons. The van der Waals surface area contributed by atoms with Crippen LogP contribution in [0.25, 0.3) is 0 Å². The predicted octanol–water partition coefficient (Wildman–Crippen LogP) is 3.58. The second kappa shape index (κ2) is 8.43. The van der Waals surface area contributed by atoms with Gasteiger partial charge in [-0.25, -0.2) is 4.39 Å². The molecule has 1 atom stereocenters. The van der Waals surface area contributed by atoms with Crippen molar-refractivity contribution >= 4 is 11.7 Å². The van der Waals surface area contributed by atoms with E-state index in [0.29, 0.717) is 29.9 Å². The van der Waals surface area contributed by atoms with Crippen molar-refractivity contribution in [3.05, 3.63) is 52.3 Å². The van der Waals surface area contributed by atoms with E-state index in [1.807, 2.05) is 26.8 Å². The molecule has 0 amide bonds. The quantitative estimate of drug-likeness (QED) is 0.631. The molecule has 4 rings (SSSR count). The van der Waals surface area contributed by atoms with E-state index < -0.39 is 17.2 Å². The van der Waals surface area contributed by atoms with Gasteiger partial charge in [0.15, 0.2) is 0 Å². The molecule has 1 aromatic heterocycles. The number of aromatic amines is 1. The number of piperidine rings is 1. The molecule has 0 bridgehead atoms. The Balaban J connectivity index is 1.83. The maximum Gasteiger partial charge on any atom is 0.303 e. The number of benzene rings is 1. The summed E-state index contributed by atoms with van der Waals surface area (Å²) in [4.78, 5) is 13.1. The third-order valence-corrected chi connectivity index (χ3v) is 6.91. The molecule has 8 nitrogen and oxygen atoms in total. The van der Waals surface area contributed by atoms with Gasteiger partial charge >= 0.3 is 5.97 Å². The number of anilines is 1. The van der Waals surface area contributed by atoms with E-state index in [4.69, 9.17) is 15.6 Å². The Morgan fingerprint density at radius 1 is 1.42 bits per heavy atom. The molecule has 3 heterocycles. The average Bonchev–Trinajstić information content (AvgIpc) is 3.12. The van der Waals surface area contributed by atoms with Gasteiger partial charge in [0, 0.05) is 30.9 Å². The minimum atomic E-state index is -1.04. The van der Waals surface area contributed by atoms with Gasteiger partial charge in [-0.15, -0.1) is 5.10 Å². The van der Waals surface area contributed by atoms with Crippen molar-refractivity contribution in [3.63, 3.8) is 0 Å². The summed E-state index contributed by atoms with van der Waals surface area (Å²) >= 11 is 0. The molecule has 174 valence electrons. The Morgan fingerprint density at radius 3 is 2.73 bits per heavy atom. The Kier molecular flexibility index (Phi) is 5.78. The first-order valence-electron chi connectivity index (χ1n) is 11.1. The van der Waals surface area contributed by atoms with Crippen molar-refractivity contribution in [2.75, 3.05) is 18.0 Å². The van der Waals surface area contributed by atoms with E-state index >= 15 is 4.39 Å². The molecule has 4 N–H and O–H groups in total. The van der Waals surface area contributed by atoms with Crippen LogP contribution in [0.1, 0.15) is 49.9 Å². The van der Waals surface area contributed by atoms with E-state index in [-0.39, 0.29) is 35.6 Å². The molecule has 2 aliphatic heterocycles. The fourth-order valence-corrected chi connectivity index (χ4v) is 5.39. The first-order chi connectivity index (χ1) is 15.7. The third kappa shape index (κ3) is 3.69. The highest BCUT2D eigenvalue weighted by atomic mass is 19.1. The molecular formula is C24H28FN5O3. The summed E-state index contributed by atoms with van der Waals surface area (Å²) in [5, 5.41) is 26.3. The molecule has 1 fully saturated rings. The number of nitriles is 1. The van der Waals surface area contributed by atoms with Gasteiger partial charge in [-0.2, -0.15) is 5.26 Å². The summed E-state index contributed by atoms with van der Waals surface area (Å²) in [7, 11) is 0. The van der Waals surface area contributed by atoms with Crippen molar-refractivity contribution in [3.8, 4) is 11.9 Å². The summed E-state index contributed by atoms with van der Waals surface area (Å²) in [6.45, 7) is 7.05. The number of carboxylic acids is 1. The molecule has 33 heavy (non-hydrogen) atoms. The van der Waals surface area contributed by atoms with Crippen molar-refractivity contribution in [2.45, 2.75) is 45.4 Å². The maximum atomic E-state index is 15.1. The van der Waals surface area contributed by atoms with Crippen LogP contribution in [-0.4, -0.2) is 34.4 Å². The number of aryl methyl sites for hydroxylation is 1. The molecule has 0 saturated carbocycles. The lowest BCUT2D eigenvalue weighted by Gasteiger charge is -2.41. The number of H-pyrrole nitrogens is 1. The number of hydrogen-bond acceptors (Lipinski definition) is 6. The molecule has 2 aromatic rings. The fourth-order valence-electron chi connectivity index (χ4n) is 5.39. The van der Waals surface area contributed by atoms with Crippen LogP contribution in [0.5, 0.6) is 5.88 Å². The average molecular weight is 454 g/mol. The summed E-state index contributed by atoms with van der Waals surface area (Å²) in [5.74, 6) is -1.00. The van der Waals surface area contributed by atoms with Gasteiger partial charge in [-0.3, -0.25) is 9.89 Å². The standard InChI is InChI=1S/C24H28FN5O3/c1-13(2)24(19(12-26)22(27)33-23-21(24)14(3)28-29-23)16-9-17(25)11-18(10-16)30-6-4-15(5-7-30)8-20(31)32/h9-11,13,15H,4-8,27H2,1-3H3,(H,28,29)(H,31,32). The summed E-state index contributed by atoms with van der Waals surface area (Å²) in [5.41, 5.74) is 8.06. The number of aliphatic carboxylic acids is 1. The first-order valence-corrected chi connectivity index (χ1v) is 11.1. The minimum absolute atomic E-state index is 0.0366. The number of nitrogens with zero attached hydrogens (tertiary/aromatic N) is 3. The Morgan fingerprint density at radius 2 is 2.12 bits per heavy atom. The lowest BCUT2D eigenvalue weighted by molar-refractivity contribution is -0.138. The van der Waals surface area contributed by atoms with E-state index in [0.717, 1.165) is 18.5 Å². The second-order valence-electron chi connectivity index (χ2n) is 9.17. The summed E-state index contributed by atoms with van der Waals surface area (Å²) < 4.78 is 20.7. The van der Waals surface area contributed by atoms with E-state index in [1.165, 1.54) is 12.1 Å². The van der Waals surface area contributed by atoms with Crippen molar-refractivity contribution < 1.29 is 19.0 Å². The van der Waals surface area contributed by atoms with Crippen molar-refractivity contribution in [2.24, 2.45) is 17.6 Å². The molecule has 0 aliphatic carbocycles. The number of carbonyl (C=O) groups is 1. The van der Waals surface area contributed by atoms with Gasteiger partial charge in [0.05, 0.1) is 11.0 Å². The molecule has 9 heteroatoms. The van der Waals surface area contributed by atoms with Crippen LogP contribution in [0.15, 0.2) is 29.7 Å². The number of ether oxygens (including phenoxy) is 1. The van der Waals surface area contributed by atoms with E-state index in [2.05, 4.69) is 21.2 Å². The lowest BCUT2D eigenvalue weighted by Crippen LogP contribution is -2.42. The molecule has 1 aromatic carbocycles. The number of nitrogens with two attached hydrogens (primary N) is 1. The third-order valence-electron chi connectivity index (χ3n) is 6.91. The number of allylic oxidation sites excluding steroid dienone is 1. The predicted molar refractivity (Wildman–Crippen MR) is 120 cm³/mol. The normalized spacial score (nSPS) is 21.0. The molecular weight excluding hydrogens is 425 g/mol. The highest BCUT2D eigenvalue weighted by Crippen LogP contribution is 2.53. The van der Waals surface area contributed by atoms with Crippen LogP contribution < -0.4 is 15.4 Å². The molecule has 2 aliphatic rings. The SMILES string of the molecule is Cc1[nH]nc2c1C(c1cc(F)cc(N3CCC(CC(=O)O)CC3)c1)(C(C)C)C(C#N)=C(N)O2. The lowest BCUT2D eigenvalue weighted by atomic mass is 9.62. The van der Waals surface area contributed by atoms with Crippen LogP contribution in [0.3, 0.4) is 0 Å². The van der Waals surface area contributed by atoms with Crippen molar-refractivity contribution in [1.29, 1.82) is 5.26 Å². The van der Waals surface area contributed by atoms with Crippen LogP contribution in [-0.2, 0) is 10.2 Å². The van der Waals surface area contributed by atoms with Gasteiger partial charge < -0.3 is 20.5 Å². The van der Waals surface area contributed by atoms with Crippen LogP contribution in [0.4, 0.5) is 10.1 Å². The number of rotatable bonds is 5. The summed E-state index contributed by atoms with van der Waals surface area (Å²) in [6.07, 6.45) is 1.60. The minimum Gasteiger partial charge on any atom is -0.481 e. The van der Waals surface area contributed by atoms with Gasteiger partial charge in [0.25, 0.3) is 0 Å². The van der Waals surface area contributed by atoms with Crippen LogP contribution in [0, 0.1) is 35.9 Å². The van der Waals surface area contributed by atoms with Gasteiger partial charge in [-0.1, -0.05) is 13.8 Å². The number of carboxylic acid groups (broad SMARTS) is 1. The molecule has 0 spiro atoms. The number of fused-ring (bicyclic) bond motifs is 1. The smallest absolute Gasteiger partial charge is 0.303 e. The second-order valence-corrected chi connectivity index (χ2v) is 9.17. The first kappa shape index (κ1) is 22.6. The van der Waals surface area contributed by atoms with E-state index in [9.17, 15) is 10.1 Å². The zero-order chi connectivity index (χ0) is 23.9. The van der Waals surface area contributed by atoms with Crippen molar-refractivity contribution in [1.82, 2.24) is 10.2 Å². The Labute approximate surface area is 191 Å². The number of nitrogens with one attached hydrogen (secondary N) is 1. The van der Waals surface area contributed by atoms with Gasteiger partial charge in [0.1, 0.15) is 17.5 Å². The highest BCUT2D eigenvalue weighted by Gasteiger charge is 2.51. The zero-order valence-electron chi connectivity index (χ0n) is 19.0. The van der Waals surface area contributed by atoms with Crippen LogP contribution >= 0.6 is 0 Å². The number of halogens is 1. The summed E-state index contributed by atoms with van der Waals surface area (Å²) in [6, 6.07) is 7.06. The Bertz CT molecular complexity index is 1160. The molecule has 1 unspecified atom stereocenters.